The van der Waals surface area contributed by atoms with Crippen molar-refractivity contribution in [3.05, 3.63) is 29.6 Å². The van der Waals surface area contributed by atoms with E-state index < -0.39 is 18.4 Å². The van der Waals surface area contributed by atoms with E-state index in [4.69, 9.17) is 0 Å². The van der Waals surface area contributed by atoms with E-state index in [1.165, 1.54) is 0 Å². The molecule has 0 aromatic carbocycles. The molecule has 104 valence electrons. The first-order valence-corrected chi connectivity index (χ1v) is 6.15. The molecule has 0 atom stereocenters. The van der Waals surface area contributed by atoms with Gasteiger partial charge in [-0.2, -0.15) is 13.2 Å². The lowest BCUT2D eigenvalue weighted by atomic mass is 10.2. The molecule has 2 rings (SSSR count). The number of aliphatic imine (C=N–C) groups is 2. The number of alkyl halides is 3. The molecule has 0 aliphatic carbocycles. The molecule has 2 heterocycles. The first kappa shape index (κ1) is 15.3. The first-order chi connectivity index (χ1) is 9.00. The molecule has 19 heavy (non-hydrogen) atoms. The standard InChI is InChI=1S/C11H10F3N3.C2H6/c1-2-7-3-4-8(15-5-7)10-16-6-9(17-10)11(12,13)14;1-2/h3-5H,2,6H2,1H3;1-2H3. The highest BCUT2D eigenvalue weighted by atomic mass is 19.4. The van der Waals surface area contributed by atoms with E-state index in [2.05, 4.69) is 15.0 Å². The number of pyridine rings is 1. The number of hydrogen-bond acceptors (Lipinski definition) is 3. The molecule has 1 aliphatic heterocycles. The number of rotatable bonds is 2. The van der Waals surface area contributed by atoms with Gasteiger partial charge in [0.15, 0.2) is 5.84 Å². The van der Waals surface area contributed by atoms with E-state index in [9.17, 15) is 13.2 Å². The third kappa shape index (κ3) is 3.87. The van der Waals surface area contributed by atoms with Crippen LogP contribution in [0.3, 0.4) is 0 Å². The van der Waals surface area contributed by atoms with Crippen molar-refractivity contribution >= 4 is 11.5 Å². The van der Waals surface area contributed by atoms with Crippen molar-refractivity contribution < 1.29 is 13.2 Å². The summed E-state index contributed by atoms with van der Waals surface area (Å²) in [5.41, 5.74) is 0.530. The molecular formula is C13H16F3N3. The van der Waals surface area contributed by atoms with Crippen molar-refractivity contribution in [2.75, 3.05) is 6.54 Å². The predicted octanol–water partition coefficient (Wildman–Crippen LogP) is 3.43. The molecule has 0 fully saturated rings. The molecule has 1 aromatic heterocycles. The second-order valence-corrected chi connectivity index (χ2v) is 3.60. The fourth-order valence-electron chi connectivity index (χ4n) is 1.41. The van der Waals surface area contributed by atoms with Crippen molar-refractivity contribution in [3.63, 3.8) is 0 Å². The van der Waals surface area contributed by atoms with Crippen LogP contribution in [-0.4, -0.2) is 29.3 Å². The van der Waals surface area contributed by atoms with Crippen LogP contribution in [0.25, 0.3) is 0 Å². The fourth-order valence-corrected chi connectivity index (χ4v) is 1.41. The van der Waals surface area contributed by atoms with Gasteiger partial charge in [0, 0.05) is 6.20 Å². The van der Waals surface area contributed by atoms with E-state index in [-0.39, 0.29) is 5.84 Å². The Morgan fingerprint density at radius 2 is 1.89 bits per heavy atom. The van der Waals surface area contributed by atoms with Crippen LogP contribution in [0.5, 0.6) is 0 Å². The van der Waals surface area contributed by atoms with Gasteiger partial charge in [0.05, 0.1) is 6.54 Å². The summed E-state index contributed by atoms with van der Waals surface area (Å²) in [4.78, 5) is 11.2. The van der Waals surface area contributed by atoms with Crippen molar-refractivity contribution in [1.29, 1.82) is 0 Å². The van der Waals surface area contributed by atoms with Gasteiger partial charge < -0.3 is 0 Å². The minimum absolute atomic E-state index is 0.0555. The summed E-state index contributed by atoms with van der Waals surface area (Å²) in [6, 6.07) is 3.45. The molecule has 6 heteroatoms. The monoisotopic (exact) mass is 271 g/mol. The highest BCUT2D eigenvalue weighted by Gasteiger charge is 2.37. The maximum Gasteiger partial charge on any atom is 0.431 e. The summed E-state index contributed by atoms with van der Waals surface area (Å²) in [7, 11) is 0. The lowest BCUT2D eigenvalue weighted by Crippen LogP contribution is -2.23. The first-order valence-electron chi connectivity index (χ1n) is 6.15. The fraction of sp³-hybridized carbons (Fsp3) is 0.462. The topological polar surface area (TPSA) is 37.6 Å². The van der Waals surface area contributed by atoms with Gasteiger partial charge in [-0.1, -0.05) is 26.8 Å². The molecule has 1 aliphatic rings. The predicted molar refractivity (Wildman–Crippen MR) is 69.9 cm³/mol. The second kappa shape index (κ2) is 6.45. The Hall–Kier alpha value is -1.72. The summed E-state index contributed by atoms with van der Waals surface area (Å²) in [5.74, 6) is 0.0555. The number of hydrogen-bond donors (Lipinski definition) is 0. The van der Waals surface area contributed by atoms with Gasteiger partial charge in [0.1, 0.15) is 11.4 Å². The summed E-state index contributed by atoms with van der Waals surface area (Å²) >= 11 is 0. The molecule has 0 unspecified atom stereocenters. The Balaban J connectivity index is 0.000000861. The Morgan fingerprint density at radius 1 is 1.21 bits per heavy atom. The van der Waals surface area contributed by atoms with Crippen molar-refractivity contribution in [2.24, 2.45) is 9.98 Å². The van der Waals surface area contributed by atoms with Crippen LogP contribution in [-0.2, 0) is 6.42 Å². The molecule has 0 radical (unpaired) electrons. The number of amidine groups is 1. The summed E-state index contributed by atoms with van der Waals surface area (Å²) in [6.45, 7) is 5.56. The molecule has 0 spiro atoms. The molecule has 0 N–H and O–H groups in total. The smallest absolute Gasteiger partial charge is 0.258 e. The Morgan fingerprint density at radius 3 is 2.32 bits per heavy atom. The quantitative estimate of drug-likeness (QED) is 0.812. The van der Waals surface area contributed by atoms with E-state index >= 15 is 0 Å². The van der Waals surface area contributed by atoms with Crippen LogP contribution in [0.4, 0.5) is 13.2 Å². The molecule has 0 saturated heterocycles. The van der Waals surface area contributed by atoms with Crippen LogP contribution in [0.15, 0.2) is 28.3 Å². The van der Waals surface area contributed by atoms with Gasteiger partial charge in [-0.25, -0.2) is 4.99 Å². The zero-order valence-electron chi connectivity index (χ0n) is 11.1. The van der Waals surface area contributed by atoms with Crippen LogP contribution in [0, 0.1) is 0 Å². The Kier molecular flexibility index (Phi) is 5.20. The van der Waals surface area contributed by atoms with E-state index in [1.54, 1.807) is 12.3 Å². The van der Waals surface area contributed by atoms with Crippen molar-refractivity contribution in [1.82, 2.24) is 4.98 Å². The maximum absolute atomic E-state index is 12.3. The number of aryl methyl sites for hydroxylation is 1. The lowest BCUT2D eigenvalue weighted by molar-refractivity contribution is -0.0592. The normalized spacial score (nSPS) is 14.4. The third-order valence-corrected chi connectivity index (χ3v) is 2.41. The summed E-state index contributed by atoms with van der Waals surface area (Å²) < 4.78 is 37.0. The molecule has 1 aromatic rings. The summed E-state index contributed by atoms with van der Waals surface area (Å²) in [6.07, 6.45) is -1.95. The SMILES string of the molecule is CC.CCc1ccc(C2=NCC(C(F)(F)F)=N2)nc1. The number of nitrogens with zero attached hydrogens (tertiary/aromatic N) is 3. The van der Waals surface area contributed by atoms with Crippen molar-refractivity contribution in [2.45, 2.75) is 33.4 Å². The zero-order valence-corrected chi connectivity index (χ0v) is 11.1. The third-order valence-electron chi connectivity index (χ3n) is 2.41. The molecule has 0 bridgehead atoms. The van der Waals surface area contributed by atoms with Gasteiger partial charge >= 0.3 is 6.18 Å². The number of halogens is 3. The van der Waals surface area contributed by atoms with E-state index in [1.807, 2.05) is 26.8 Å². The lowest BCUT2D eigenvalue weighted by Gasteiger charge is -2.02. The molecule has 0 saturated carbocycles. The number of aromatic nitrogens is 1. The van der Waals surface area contributed by atoms with Crippen molar-refractivity contribution in [3.8, 4) is 0 Å². The van der Waals surface area contributed by atoms with Gasteiger partial charge in [-0.15, -0.1) is 0 Å². The second-order valence-electron chi connectivity index (χ2n) is 3.60. The molecular weight excluding hydrogens is 255 g/mol. The highest BCUT2D eigenvalue weighted by molar-refractivity contribution is 6.12. The van der Waals surface area contributed by atoms with E-state index in [0.29, 0.717) is 5.69 Å². The van der Waals surface area contributed by atoms with Crippen LogP contribution in [0.1, 0.15) is 32.0 Å². The summed E-state index contributed by atoms with van der Waals surface area (Å²) in [5, 5.41) is 0. The molecule has 3 nitrogen and oxygen atoms in total. The van der Waals surface area contributed by atoms with Gasteiger partial charge in [0.2, 0.25) is 0 Å². The minimum Gasteiger partial charge on any atom is -0.258 e. The van der Waals surface area contributed by atoms with Crippen LogP contribution < -0.4 is 0 Å². The van der Waals surface area contributed by atoms with Gasteiger partial charge in [-0.3, -0.25) is 9.98 Å². The Labute approximate surface area is 110 Å². The Bertz CT molecular complexity index is 473. The van der Waals surface area contributed by atoms with Gasteiger partial charge in [-0.05, 0) is 18.1 Å². The highest BCUT2D eigenvalue weighted by Crippen LogP contribution is 2.21. The van der Waals surface area contributed by atoms with Gasteiger partial charge in [0.25, 0.3) is 0 Å². The average molecular weight is 271 g/mol. The minimum atomic E-state index is -4.41. The maximum atomic E-state index is 12.3. The van der Waals surface area contributed by atoms with Crippen LogP contribution in [0.2, 0.25) is 0 Å². The van der Waals surface area contributed by atoms with Crippen LogP contribution >= 0.6 is 0 Å². The largest absolute Gasteiger partial charge is 0.431 e. The average Bonchev–Trinajstić information content (AvgIpc) is 2.91. The van der Waals surface area contributed by atoms with E-state index in [0.717, 1.165) is 12.0 Å². The molecule has 0 amide bonds. The zero-order chi connectivity index (χ0) is 14.5.